The van der Waals surface area contributed by atoms with Crippen molar-refractivity contribution < 1.29 is 0 Å². The highest BCUT2D eigenvalue weighted by molar-refractivity contribution is 6.30. The van der Waals surface area contributed by atoms with Gasteiger partial charge in [-0.3, -0.25) is 0 Å². The maximum absolute atomic E-state index is 5.97. The molecule has 0 saturated carbocycles. The first-order chi connectivity index (χ1) is 10.2. The van der Waals surface area contributed by atoms with Crippen LogP contribution in [0.2, 0.25) is 5.02 Å². The third-order valence-corrected chi connectivity index (χ3v) is 4.01. The minimum absolute atomic E-state index is 0.359. The lowest BCUT2D eigenvalue weighted by Crippen LogP contribution is -2.24. The van der Waals surface area contributed by atoms with E-state index in [2.05, 4.69) is 55.6 Å². The zero-order valence-corrected chi connectivity index (χ0v) is 13.7. The average molecular weight is 302 g/mol. The summed E-state index contributed by atoms with van der Waals surface area (Å²) in [5.74, 6) is 0. The summed E-state index contributed by atoms with van der Waals surface area (Å²) in [5.41, 5.74) is 4.08. The second-order valence-corrected chi connectivity index (χ2v) is 5.87. The Morgan fingerprint density at radius 3 is 2.43 bits per heavy atom. The fourth-order valence-electron chi connectivity index (χ4n) is 2.51. The van der Waals surface area contributed by atoms with Gasteiger partial charge < -0.3 is 5.32 Å². The predicted molar refractivity (Wildman–Crippen MR) is 92.0 cm³/mol. The standard InChI is InChI=1S/C19H24ClN/c1-3-12-21-19(14-16-8-10-18(20)11-9-16)17-7-5-6-15(4-2)13-17/h5-11,13,19,21H,3-4,12,14H2,1-2H3. The average Bonchev–Trinajstić information content (AvgIpc) is 2.53. The predicted octanol–water partition coefficient (Wildman–Crippen LogP) is 5.19. The molecule has 1 atom stereocenters. The Bertz CT molecular complexity index is 548. The molecule has 112 valence electrons. The maximum atomic E-state index is 5.97. The summed E-state index contributed by atoms with van der Waals surface area (Å²) in [5, 5.41) is 4.46. The number of hydrogen-bond acceptors (Lipinski definition) is 1. The Morgan fingerprint density at radius 1 is 1.00 bits per heavy atom. The molecule has 21 heavy (non-hydrogen) atoms. The van der Waals surface area contributed by atoms with E-state index in [0.29, 0.717) is 6.04 Å². The molecule has 2 rings (SSSR count). The smallest absolute Gasteiger partial charge is 0.0406 e. The Kier molecular flexibility index (Phi) is 6.28. The number of hydrogen-bond donors (Lipinski definition) is 1. The van der Waals surface area contributed by atoms with Crippen LogP contribution in [0.25, 0.3) is 0 Å². The Labute approximate surface area is 133 Å². The maximum Gasteiger partial charge on any atom is 0.0406 e. The Hall–Kier alpha value is -1.31. The van der Waals surface area contributed by atoms with Gasteiger partial charge in [-0.15, -0.1) is 0 Å². The summed E-state index contributed by atoms with van der Waals surface area (Å²) in [6, 6.07) is 17.4. The molecule has 2 heteroatoms. The third kappa shape index (κ3) is 4.87. The van der Waals surface area contributed by atoms with Gasteiger partial charge in [-0.05, 0) is 54.6 Å². The molecule has 0 bridgehead atoms. The quantitative estimate of drug-likeness (QED) is 0.742. The van der Waals surface area contributed by atoms with Crippen LogP contribution in [0.4, 0.5) is 0 Å². The van der Waals surface area contributed by atoms with E-state index in [1.807, 2.05) is 12.1 Å². The molecule has 0 aromatic heterocycles. The van der Waals surface area contributed by atoms with Crippen LogP contribution in [-0.2, 0) is 12.8 Å². The van der Waals surface area contributed by atoms with E-state index < -0.39 is 0 Å². The van der Waals surface area contributed by atoms with Crippen molar-refractivity contribution in [1.82, 2.24) is 5.32 Å². The normalized spacial score (nSPS) is 12.3. The molecule has 1 N–H and O–H groups in total. The molecule has 0 saturated heterocycles. The fraction of sp³-hybridized carbons (Fsp3) is 0.368. The molecular formula is C19H24ClN. The number of rotatable bonds is 7. The topological polar surface area (TPSA) is 12.0 Å². The highest BCUT2D eigenvalue weighted by Gasteiger charge is 2.12. The van der Waals surface area contributed by atoms with Crippen molar-refractivity contribution in [1.29, 1.82) is 0 Å². The molecule has 0 radical (unpaired) electrons. The summed E-state index contributed by atoms with van der Waals surface area (Å²) in [7, 11) is 0. The van der Waals surface area contributed by atoms with Crippen LogP contribution in [0.5, 0.6) is 0 Å². The van der Waals surface area contributed by atoms with Crippen molar-refractivity contribution in [3.05, 3.63) is 70.2 Å². The van der Waals surface area contributed by atoms with E-state index in [1.165, 1.54) is 16.7 Å². The second kappa shape index (κ2) is 8.21. The molecule has 2 aromatic carbocycles. The number of aryl methyl sites for hydroxylation is 1. The van der Waals surface area contributed by atoms with E-state index in [4.69, 9.17) is 11.6 Å². The highest BCUT2D eigenvalue weighted by Crippen LogP contribution is 2.21. The van der Waals surface area contributed by atoms with Gasteiger partial charge >= 0.3 is 0 Å². The minimum Gasteiger partial charge on any atom is -0.310 e. The van der Waals surface area contributed by atoms with Crippen LogP contribution in [0, 0.1) is 0 Å². The molecule has 0 aliphatic rings. The van der Waals surface area contributed by atoms with Crippen molar-refractivity contribution in [2.75, 3.05) is 6.54 Å². The van der Waals surface area contributed by atoms with Crippen LogP contribution < -0.4 is 5.32 Å². The van der Waals surface area contributed by atoms with Crippen molar-refractivity contribution in [3.63, 3.8) is 0 Å². The second-order valence-electron chi connectivity index (χ2n) is 5.44. The van der Waals surface area contributed by atoms with Crippen molar-refractivity contribution in [3.8, 4) is 0 Å². The van der Waals surface area contributed by atoms with Gasteiger partial charge in [0.1, 0.15) is 0 Å². The van der Waals surface area contributed by atoms with Gasteiger partial charge in [-0.25, -0.2) is 0 Å². The van der Waals surface area contributed by atoms with E-state index in [-0.39, 0.29) is 0 Å². The first-order valence-electron chi connectivity index (χ1n) is 7.79. The molecule has 0 spiro atoms. The van der Waals surface area contributed by atoms with E-state index in [0.717, 1.165) is 30.8 Å². The lowest BCUT2D eigenvalue weighted by molar-refractivity contribution is 0.529. The number of halogens is 1. The fourth-order valence-corrected chi connectivity index (χ4v) is 2.64. The van der Waals surface area contributed by atoms with Crippen LogP contribution in [-0.4, -0.2) is 6.54 Å². The van der Waals surface area contributed by atoms with Gasteiger partial charge in [0, 0.05) is 11.1 Å². The van der Waals surface area contributed by atoms with E-state index in [1.54, 1.807) is 0 Å². The molecule has 0 heterocycles. The SMILES string of the molecule is CCCNC(Cc1ccc(Cl)cc1)c1cccc(CC)c1. The van der Waals surface area contributed by atoms with Crippen molar-refractivity contribution >= 4 is 11.6 Å². The third-order valence-electron chi connectivity index (χ3n) is 3.76. The molecule has 2 aromatic rings. The first-order valence-corrected chi connectivity index (χ1v) is 8.17. The van der Waals surface area contributed by atoms with E-state index >= 15 is 0 Å². The minimum atomic E-state index is 0.359. The van der Waals surface area contributed by atoms with Crippen LogP contribution >= 0.6 is 11.6 Å². The van der Waals surface area contributed by atoms with Gasteiger partial charge in [0.05, 0.1) is 0 Å². The lowest BCUT2D eigenvalue weighted by Gasteiger charge is -2.20. The van der Waals surface area contributed by atoms with Crippen LogP contribution in [0.1, 0.15) is 43.0 Å². The molecule has 0 fully saturated rings. The molecule has 0 amide bonds. The van der Waals surface area contributed by atoms with Crippen molar-refractivity contribution in [2.45, 2.75) is 39.2 Å². The lowest BCUT2D eigenvalue weighted by atomic mass is 9.96. The van der Waals surface area contributed by atoms with Gasteiger partial charge in [0.15, 0.2) is 0 Å². The largest absolute Gasteiger partial charge is 0.310 e. The summed E-state index contributed by atoms with van der Waals surface area (Å²) >= 11 is 5.97. The van der Waals surface area contributed by atoms with Crippen molar-refractivity contribution in [2.24, 2.45) is 0 Å². The molecule has 0 aliphatic carbocycles. The molecular weight excluding hydrogens is 278 g/mol. The summed E-state index contributed by atoms with van der Waals surface area (Å²) < 4.78 is 0. The molecule has 0 aliphatic heterocycles. The summed E-state index contributed by atoms with van der Waals surface area (Å²) in [6.45, 7) is 5.44. The summed E-state index contributed by atoms with van der Waals surface area (Å²) in [6.07, 6.45) is 3.21. The zero-order chi connectivity index (χ0) is 15.1. The first kappa shape index (κ1) is 16.1. The van der Waals surface area contributed by atoms with Gasteiger partial charge in [0.2, 0.25) is 0 Å². The van der Waals surface area contributed by atoms with Gasteiger partial charge in [-0.1, -0.05) is 61.8 Å². The van der Waals surface area contributed by atoms with Crippen LogP contribution in [0.15, 0.2) is 48.5 Å². The Balaban J connectivity index is 2.18. The van der Waals surface area contributed by atoms with E-state index in [9.17, 15) is 0 Å². The number of benzene rings is 2. The highest BCUT2D eigenvalue weighted by atomic mass is 35.5. The number of nitrogens with one attached hydrogen (secondary N) is 1. The Morgan fingerprint density at radius 2 is 1.76 bits per heavy atom. The summed E-state index contributed by atoms with van der Waals surface area (Å²) in [4.78, 5) is 0. The van der Waals surface area contributed by atoms with Gasteiger partial charge in [-0.2, -0.15) is 0 Å². The monoisotopic (exact) mass is 301 g/mol. The molecule has 1 unspecified atom stereocenters. The van der Waals surface area contributed by atoms with Crippen LogP contribution in [0.3, 0.4) is 0 Å². The van der Waals surface area contributed by atoms with Gasteiger partial charge in [0.25, 0.3) is 0 Å². The molecule has 1 nitrogen and oxygen atoms in total. The zero-order valence-electron chi connectivity index (χ0n) is 12.9.